The lowest BCUT2D eigenvalue weighted by Gasteiger charge is -2.16. The Hall–Kier alpha value is -3.09. The molecule has 0 aliphatic carbocycles. The Morgan fingerprint density at radius 1 is 1.35 bits per heavy atom. The van der Waals surface area contributed by atoms with Crippen molar-refractivity contribution in [3.8, 4) is 5.75 Å². The Balaban J connectivity index is 1.76. The maximum absolute atomic E-state index is 6.08. The average Bonchev–Trinajstić information content (AvgIpc) is 3.24. The van der Waals surface area contributed by atoms with Crippen LogP contribution in [0.4, 0.5) is 0 Å². The van der Waals surface area contributed by atoms with E-state index in [9.17, 15) is 0 Å². The van der Waals surface area contributed by atoms with E-state index in [0.717, 1.165) is 27.9 Å². The number of methoxy groups -OCH3 is 1. The van der Waals surface area contributed by atoms with Crippen LogP contribution in [-0.2, 0) is 0 Å². The number of benzene rings is 1. The van der Waals surface area contributed by atoms with Gasteiger partial charge in [-0.1, -0.05) is 6.08 Å². The summed E-state index contributed by atoms with van der Waals surface area (Å²) in [5.74, 6) is 2.13. The highest BCUT2D eigenvalue weighted by atomic mass is 16.5. The second kappa shape index (κ2) is 5.28. The number of H-pyrrole nitrogens is 2. The van der Waals surface area contributed by atoms with Crippen molar-refractivity contribution in [2.45, 2.75) is 5.92 Å². The molecule has 7 heteroatoms. The van der Waals surface area contributed by atoms with Gasteiger partial charge in [-0.3, -0.25) is 10.1 Å². The molecule has 0 saturated carbocycles. The van der Waals surface area contributed by atoms with Gasteiger partial charge in [0, 0.05) is 18.2 Å². The number of nitrogens with two attached hydrogens (primary N) is 1. The van der Waals surface area contributed by atoms with Crippen LogP contribution in [0.5, 0.6) is 5.75 Å². The van der Waals surface area contributed by atoms with Crippen LogP contribution in [0.25, 0.3) is 16.6 Å². The van der Waals surface area contributed by atoms with Crippen molar-refractivity contribution >= 4 is 22.4 Å². The summed E-state index contributed by atoms with van der Waals surface area (Å²) in [4.78, 5) is 12.3. The maximum atomic E-state index is 6.08. The first kappa shape index (κ1) is 13.6. The SMILES string of the molecule is COc1ccc2nc(C3=CC(c4cn[nH]c4)CN=C3N)[nH]c2c1. The number of rotatable bonds is 3. The van der Waals surface area contributed by atoms with Crippen molar-refractivity contribution in [1.29, 1.82) is 0 Å². The first-order valence-corrected chi connectivity index (χ1v) is 7.29. The van der Waals surface area contributed by atoms with Crippen LogP contribution < -0.4 is 10.5 Å². The molecule has 4 rings (SSSR count). The molecule has 2 aromatic heterocycles. The van der Waals surface area contributed by atoms with E-state index < -0.39 is 0 Å². The molecular formula is C16H16N6O. The minimum absolute atomic E-state index is 0.138. The monoisotopic (exact) mass is 308 g/mol. The zero-order valence-electron chi connectivity index (χ0n) is 12.6. The number of aliphatic imine (C=N–C) groups is 1. The van der Waals surface area contributed by atoms with Crippen molar-refractivity contribution in [3.63, 3.8) is 0 Å². The highest BCUT2D eigenvalue weighted by Crippen LogP contribution is 2.28. The van der Waals surface area contributed by atoms with Crippen LogP contribution in [0.2, 0.25) is 0 Å². The van der Waals surface area contributed by atoms with E-state index in [-0.39, 0.29) is 5.92 Å². The Labute approximate surface area is 132 Å². The lowest BCUT2D eigenvalue weighted by Crippen LogP contribution is -2.21. The molecule has 1 aliphatic heterocycles. The minimum Gasteiger partial charge on any atom is -0.497 e. The number of aromatic nitrogens is 4. The molecule has 0 radical (unpaired) electrons. The largest absolute Gasteiger partial charge is 0.497 e. The van der Waals surface area contributed by atoms with Crippen LogP contribution in [-0.4, -0.2) is 39.7 Å². The van der Waals surface area contributed by atoms with Crippen LogP contribution in [0.15, 0.2) is 41.7 Å². The summed E-state index contributed by atoms with van der Waals surface area (Å²) in [6.07, 6.45) is 5.76. The van der Waals surface area contributed by atoms with Gasteiger partial charge in [-0.15, -0.1) is 0 Å². The van der Waals surface area contributed by atoms with Crippen LogP contribution in [0.1, 0.15) is 17.3 Å². The normalized spacial score (nSPS) is 17.9. The number of ether oxygens (including phenoxy) is 1. The van der Waals surface area contributed by atoms with Gasteiger partial charge in [0.05, 0.1) is 36.5 Å². The Morgan fingerprint density at radius 3 is 3.04 bits per heavy atom. The van der Waals surface area contributed by atoms with Gasteiger partial charge < -0.3 is 15.5 Å². The second-order valence-electron chi connectivity index (χ2n) is 5.41. The van der Waals surface area contributed by atoms with E-state index in [2.05, 4.69) is 31.2 Å². The summed E-state index contributed by atoms with van der Waals surface area (Å²) in [5.41, 5.74) is 9.74. The minimum atomic E-state index is 0.138. The molecule has 4 N–H and O–H groups in total. The molecule has 1 atom stereocenters. The molecule has 116 valence electrons. The van der Waals surface area contributed by atoms with Crippen LogP contribution in [0, 0.1) is 0 Å². The van der Waals surface area contributed by atoms with Gasteiger partial charge in [0.15, 0.2) is 0 Å². The van der Waals surface area contributed by atoms with Gasteiger partial charge in [-0.05, 0) is 17.7 Å². The Bertz CT molecular complexity index is 906. The zero-order chi connectivity index (χ0) is 15.8. The van der Waals surface area contributed by atoms with E-state index in [1.165, 1.54) is 0 Å². The topological polar surface area (TPSA) is 105 Å². The number of nitrogens with zero attached hydrogens (tertiary/aromatic N) is 3. The summed E-state index contributed by atoms with van der Waals surface area (Å²) < 4.78 is 5.24. The summed E-state index contributed by atoms with van der Waals surface area (Å²) in [7, 11) is 1.64. The number of hydrogen-bond donors (Lipinski definition) is 3. The number of hydrogen-bond acceptors (Lipinski definition) is 5. The number of nitrogens with one attached hydrogen (secondary N) is 2. The van der Waals surface area contributed by atoms with Gasteiger partial charge in [-0.25, -0.2) is 4.98 Å². The first-order chi connectivity index (χ1) is 11.2. The third-order valence-corrected chi connectivity index (χ3v) is 3.99. The highest BCUT2D eigenvalue weighted by molar-refractivity contribution is 6.22. The Kier molecular flexibility index (Phi) is 3.11. The van der Waals surface area contributed by atoms with E-state index in [1.54, 1.807) is 13.3 Å². The van der Waals surface area contributed by atoms with Crippen molar-refractivity contribution in [1.82, 2.24) is 20.2 Å². The van der Waals surface area contributed by atoms with Gasteiger partial charge in [0.1, 0.15) is 17.4 Å². The molecule has 0 spiro atoms. The standard InChI is InChI=1S/C16H16N6O/c1-23-11-2-3-13-14(5-11)22-16(21-13)12-4-9(6-18-15(12)17)10-7-19-20-8-10/h2-5,7-9H,6H2,1H3,(H2,17,18)(H,19,20)(H,21,22). The quantitative estimate of drug-likeness (QED) is 0.686. The second-order valence-corrected chi connectivity index (χ2v) is 5.41. The molecule has 0 fully saturated rings. The van der Waals surface area contributed by atoms with Gasteiger partial charge >= 0.3 is 0 Å². The molecule has 7 nitrogen and oxygen atoms in total. The number of amidine groups is 1. The average molecular weight is 308 g/mol. The van der Waals surface area contributed by atoms with Crippen molar-refractivity contribution in [2.75, 3.05) is 13.7 Å². The third kappa shape index (κ3) is 2.36. The number of aromatic amines is 2. The Morgan fingerprint density at radius 2 is 2.26 bits per heavy atom. The number of imidazole rings is 1. The van der Waals surface area contributed by atoms with Crippen molar-refractivity contribution in [2.24, 2.45) is 10.7 Å². The first-order valence-electron chi connectivity index (χ1n) is 7.29. The summed E-state index contributed by atoms with van der Waals surface area (Å²) in [6.45, 7) is 0.614. The highest BCUT2D eigenvalue weighted by Gasteiger charge is 2.21. The third-order valence-electron chi connectivity index (χ3n) is 3.99. The van der Waals surface area contributed by atoms with E-state index in [4.69, 9.17) is 10.5 Å². The number of fused-ring (bicyclic) bond motifs is 1. The summed E-state index contributed by atoms with van der Waals surface area (Å²) in [6, 6.07) is 5.71. The predicted molar refractivity (Wildman–Crippen MR) is 88.4 cm³/mol. The lowest BCUT2D eigenvalue weighted by atomic mass is 9.96. The fourth-order valence-electron chi connectivity index (χ4n) is 2.73. The smallest absolute Gasteiger partial charge is 0.141 e. The predicted octanol–water partition coefficient (Wildman–Crippen LogP) is 1.83. The fourth-order valence-corrected chi connectivity index (χ4v) is 2.73. The molecular weight excluding hydrogens is 292 g/mol. The van der Waals surface area contributed by atoms with Gasteiger partial charge in [-0.2, -0.15) is 5.10 Å². The molecule has 1 aliphatic rings. The van der Waals surface area contributed by atoms with E-state index in [1.807, 2.05) is 24.4 Å². The molecule has 23 heavy (non-hydrogen) atoms. The fraction of sp³-hybridized carbons (Fsp3) is 0.188. The molecule has 3 aromatic rings. The molecule has 1 aromatic carbocycles. The van der Waals surface area contributed by atoms with Gasteiger partial charge in [0.25, 0.3) is 0 Å². The molecule has 0 amide bonds. The molecule has 0 saturated heterocycles. The van der Waals surface area contributed by atoms with Crippen LogP contribution in [0.3, 0.4) is 0 Å². The van der Waals surface area contributed by atoms with E-state index in [0.29, 0.717) is 18.2 Å². The van der Waals surface area contributed by atoms with Crippen LogP contribution >= 0.6 is 0 Å². The molecule has 3 heterocycles. The van der Waals surface area contributed by atoms with Gasteiger partial charge in [0.2, 0.25) is 0 Å². The zero-order valence-corrected chi connectivity index (χ0v) is 12.6. The lowest BCUT2D eigenvalue weighted by molar-refractivity contribution is 0.415. The van der Waals surface area contributed by atoms with E-state index >= 15 is 0 Å². The molecule has 0 bridgehead atoms. The maximum Gasteiger partial charge on any atom is 0.141 e. The van der Waals surface area contributed by atoms with Crippen molar-refractivity contribution in [3.05, 3.63) is 48.1 Å². The van der Waals surface area contributed by atoms with Crippen molar-refractivity contribution < 1.29 is 4.74 Å². The summed E-state index contributed by atoms with van der Waals surface area (Å²) in [5, 5.41) is 6.83. The molecule has 1 unspecified atom stereocenters. The summed E-state index contributed by atoms with van der Waals surface area (Å²) >= 11 is 0. The number of dihydropyridines is 1.